The molecule has 2 aromatic rings. The molecule has 4 N–H and O–H groups in total. The molecular formula is C12H12N6Na4O8Pd. The summed E-state index contributed by atoms with van der Waals surface area (Å²) in [5.41, 5.74) is 9.87. The minimum atomic E-state index is -1.08. The molecular weight excluding hydrogens is 555 g/mol. The quantitative estimate of drug-likeness (QED) is 0.280. The maximum absolute atomic E-state index is 10.3. The second kappa shape index (κ2) is 28.6. The number of nitrogen functional groups attached to an aromatic ring is 2. The molecule has 0 atom stereocenters. The Bertz CT molecular complexity index is 580. The van der Waals surface area contributed by atoms with E-state index in [-0.39, 0.29) is 151 Å². The van der Waals surface area contributed by atoms with E-state index in [4.69, 9.17) is 31.3 Å². The van der Waals surface area contributed by atoms with Crippen molar-refractivity contribution in [2.45, 2.75) is 13.8 Å². The Kier molecular flexibility index (Phi) is 45.1. The summed E-state index contributed by atoms with van der Waals surface area (Å²) in [7, 11) is 0. The Labute approximate surface area is 279 Å². The van der Waals surface area contributed by atoms with Crippen LogP contribution in [-0.4, -0.2) is 31.9 Å². The first-order valence-corrected chi connectivity index (χ1v) is 6.15. The van der Waals surface area contributed by atoms with Crippen LogP contribution < -0.4 is 160 Å². The summed E-state index contributed by atoms with van der Waals surface area (Å²) < 4.78 is 0. The number of nitrogens with two attached hydrogens (primary N) is 2. The summed E-state index contributed by atoms with van der Waals surface area (Å²) in [6.45, 7) is 1.94. The summed E-state index contributed by atoms with van der Waals surface area (Å²) in [5.74, 6) is -5.29. The predicted octanol–water partition coefficient (Wildman–Crippen LogP) is -18.1. The number of hydrogen-bond donors (Lipinski definition) is 2. The summed E-state index contributed by atoms with van der Waals surface area (Å²) in [5, 5.41) is 58.9. The number of aliphatic carboxylic acids is 2. The van der Waals surface area contributed by atoms with Gasteiger partial charge in [0, 0.05) is 11.9 Å². The third-order valence-corrected chi connectivity index (χ3v) is 1.39. The van der Waals surface area contributed by atoms with Gasteiger partial charge in [0.15, 0.2) is 0 Å². The van der Waals surface area contributed by atoms with Crippen molar-refractivity contribution in [3.8, 4) is 23.5 Å². The number of hydrogen-bond acceptors (Lipinski definition) is 14. The maximum Gasteiger partial charge on any atom is 2.00 e. The monoisotopic (exact) mass is 566 g/mol. The largest absolute Gasteiger partial charge is 2.00 e. The van der Waals surface area contributed by atoms with E-state index in [1.54, 1.807) is 0 Å². The summed E-state index contributed by atoms with van der Waals surface area (Å²) in [6.07, 6.45) is 0. The minimum Gasteiger partial charge on any atom is -0.858 e. The topological polar surface area (TPSA) is 276 Å². The molecule has 31 heavy (non-hydrogen) atoms. The van der Waals surface area contributed by atoms with Crippen LogP contribution in [0.15, 0.2) is 12.1 Å². The van der Waals surface area contributed by atoms with Crippen LogP contribution in [0.1, 0.15) is 13.8 Å². The molecule has 14 nitrogen and oxygen atoms in total. The van der Waals surface area contributed by atoms with E-state index in [0.29, 0.717) is 0 Å². The zero-order valence-electron chi connectivity index (χ0n) is 17.7. The Morgan fingerprint density at radius 3 is 0.871 bits per heavy atom. The number of carboxylic acid groups (broad SMARTS) is 2. The predicted molar refractivity (Wildman–Crippen MR) is 72.0 cm³/mol. The second-order valence-electron chi connectivity index (χ2n) is 3.79. The maximum atomic E-state index is 10.3. The fourth-order valence-electron chi connectivity index (χ4n) is 0.842. The zero-order chi connectivity index (χ0) is 20.9. The van der Waals surface area contributed by atoms with E-state index < -0.39 is 35.5 Å². The fraction of sp³-hybridized carbons (Fsp3) is 0.167. The van der Waals surface area contributed by atoms with Crippen LogP contribution in [0.4, 0.5) is 11.9 Å². The van der Waals surface area contributed by atoms with Crippen molar-refractivity contribution in [2.75, 3.05) is 11.5 Å². The van der Waals surface area contributed by atoms with Gasteiger partial charge < -0.3 is 51.7 Å². The fourth-order valence-corrected chi connectivity index (χ4v) is 0.842. The van der Waals surface area contributed by atoms with Gasteiger partial charge in [-0.3, -0.25) is 0 Å². The van der Waals surface area contributed by atoms with Crippen molar-refractivity contribution < 1.29 is 179 Å². The van der Waals surface area contributed by atoms with E-state index in [0.717, 1.165) is 26.0 Å². The van der Waals surface area contributed by atoms with Gasteiger partial charge in [0.1, 0.15) is 0 Å². The number of nitrogens with zero attached hydrogens (tertiary/aromatic N) is 4. The zero-order valence-corrected chi connectivity index (χ0v) is 27.2. The number of anilines is 2. The number of rotatable bonds is 0. The van der Waals surface area contributed by atoms with E-state index >= 15 is 0 Å². The third-order valence-electron chi connectivity index (χ3n) is 1.39. The molecule has 2 aromatic heterocycles. The Morgan fingerprint density at radius 2 is 0.774 bits per heavy atom. The van der Waals surface area contributed by atoms with Gasteiger partial charge in [-0.2, -0.15) is 0 Å². The van der Waals surface area contributed by atoms with Gasteiger partial charge in [-0.25, -0.2) is 19.9 Å². The molecule has 0 aliphatic carbocycles. The number of carboxylic acids is 2. The van der Waals surface area contributed by atoms with Gasteiger partial charge in [0.25, 0.3) is 0 Å². The molecule has 19 heteroatoms. The van der Waals surface area contributed by atoms with Crippen molar-refractivity contribution in [1.82, 2.24) is 19.9 Å². The normalized spacial score (nSPS) is 7.03. The van der Waals surface area contributed by atoms with E-state index in [1.165, 1.54) is 0 Å². The first-order valence-electron chi connectivity index (χ1n) is 6.15. The first kappa shape index (κ1) is 48.9. The van der Waals surface area contributed by atoms with Crippen molar-refractivity contribution >= 4 is 23.8 Å². The Balaban J connectivity index is -0.0000000499. The van der Waals surface area contributed by atoms with E-state index in [1.807, 2.05) is 0 Å². The number of aromatic nitrogens is 4. The van der Waals surface area contributed by atoms with Crippen molar-refractivity contribution in [3.63, 3.8) is 0 Å². The van der Waals surface area contributed by atoms with Crippen molar-refractivity contribution in [2.24, 2.45) is 0 Å². The van der Waals surface area contributed by atoms with Gasteiger partial charge in [0.2, 0.25) is 11.9 Å². The van der Waals surface area contributed by atoms with Crippen LogP contribution >= 0.6 is 0 Å². The molecule has 0 amide bonds. The van der Waals surface area contributed by atoms with E-state index in [2.05, 4.69) is 19.9 Å². The van der Waals surface area contributed by atoms with Gasteiger partial charge in [0.05, 0.1) is 0 Å². The van der Waals surface area contributed by atoms with E-state index in [9.17, 15) is 20.4 Å². The molecule has 0 spiro atoms. The van der Waals surface area contributed by atoms with Crippen molar-refractivity contribution in [3.05, 3.63) is 12.1 Å². The SMILES string of the molecule is CC(=O)[O-].CC(=O)[O-].Nc1nc([O-])cc([O-])n1.Nc1nc([O-])cc([O-])n1.[Na+].[Na+].[Na+].[Na+].[Pd+2]. The second-order valence-corrected chi connectivity index (χ2v) is 3.79. The Morgan fingerprint density at radius 1 is 0.645 bits per heavy atom. The number of carbonyl (C=O) groups excluding carboxylic acids is 2. The molecule has 0 aliphatic rings. The molecule has 0 radical (unpaired) electrons. The molecule has 0 fully saturated rings. The standard InChI is InChI=1S/2C4H5N3O2.2C2H4O2.4Na.Pd/c2*5-4-6-2(8)1-3(9)7-4;2*1-2(3)4;;;;;/h2*1H,(H4,5,6,7,8,9);2*1H3,(H,3,4);;;;;/q;;;;4*+1;+2/p-6. The van der Waals surface area contributed by atoms with Crippen LogP contribution in [-0.2, 0) is 30.0 Å². The molecule has 152 valence electrons. The summed E-state index contributed by atoms with van der Waals surface area (Å²) in [4.78, 5) is 30.4. The molecule has 2 heterocycles. The average molecular weight is 567 g/mol. The summed E-state index contributed by atoms with van der Waals surface area (Å²) in [6, 6.07) is 1.55. The molecule has 2 rings (SSSR count). The molecule has 0 saturated heterocycles. The van der Waals surface area contributed by atoms with Gasteiger partial charge in [-0.1, -0.05) is 0 Å². The van der Waals surface area contributed by atoms with Crippen LogP contribution in [0.2, 0.25) is 0 Å². The molecule has 0 aromatic carbocycles. The van der Waals surface area contributed by atoms with Crippen LogP contribution in [0.3, 0.4) is 0 Å². The molecule has 0 saturated carbocycles. The van der Waals surface area contributed by atoms with Crippen molar-refractivity contribution in [1.29, 1.82) is 0 Å². The van der Waals surface area contributed by atoms with Crippen LogP contribution in [0, 0.1) is 0 Å². The minimum absolute atomic E-state index is 0. The molecule has 0 aliphatic heterocycles. The smallest absolute Gasteiger partial charge is 0.858 e. The summed E-state index contributed by atoms with van der Waals surface area (Å²) >= 11 is 0. The average Bonchev–Trinajstić information content (AvgIpc) is 2.33. The molecule has 0 bridgehead atoms. The first-order chi connectivity index (χ1) is 11.8. The van der Waals surface area contributed by atoms with Gasteiger partial charge >= 0.3 is 139 Å². The third kappa shape index (κ3) is 41.3. The van der Waals surface area contributed by atoms with Crippen LogP contribution in [0.5, 0.6) is 23.5 Å². The van der Waals surface area contributed by atoms with Crippen LogP contribution in [0.25, 0.3) is 0 Å². The molecule has 0 unspecified atom stereocenters. The van der Waals surface area contributed by atoms with Gasteiger partial charge in [-0.05, 0) is 49.5 Å². The Hall–Kier alpha value is 0.562. The number of carbonyl (C=O) groups is 2. The van der Waals surface area contributed by atoms with Gasteiger partial charge in [-0.15, -0.1) is 0 Å².